The van der Waals surface area contributed by atoms with Crippen molar-refractivity contribution in [1.29, 1.82) is 0 Å². The molecule has 8 heteroatoms. The summed E-state index contributed by atoms with van der Waals surface area (Å²) in [5.74, 6) is -0.375. The number of carbonyl (C=O) groups excluding carboxylic acids is 3. The Hall–Kier alpha value is -3.23. The van der Waals surface area contributed by atoms with Crippen LogP contribution in [0.3, 0.4) is 0 Å². The molecule has 0 saturated carbocycles. The highest BCUT2D eigenvalue weighted by atomic mass is 16.5. The maximum Gasteiger partial charge on any atom is 0.338 e. The van der Waals surface area contributed by atoms with Gasteiger partial charge in [0.2, 0.25) is 0 Å². The minimum Gasteiger partial charge on any atom is -0.462 e. The summed E-state index contributed by atoms with van der Waals surface area (Å²) in [6, 6.07) is 12.9. The topological polar surface area (TPSA) is 91.0 Å². The fourth-order valence-corrected chi connectivity index (χ4v) is 3.27. The van der Waals surface area contributed by atoms with Crippen LogP contribution in [0, 0.1) is 0 Å². The SMILES string of the molecule is CCOC(=O)c1ccc(NC(=O)Nc2cccc(C(=O)CN3CCN(C)CC3)c2)cc1. The highest BCUT2D eigenvalue weighted by molar-refractivity contribution is 6.02. The summed E-state index contributed by atoms with van der Waals surface area (Å²) in [6.45, 7) is 6.07. The molecule has 1 aliphatic heterocycles. The molecule has 8 nitrogen and oxygen atoms in total. The monoisotopic (exact) mass is 424 g/mol. The summed E-state index contributed by atoms with van der Waals surface area (Å²) in [5.41, 5.74) is 2.05. The molecule has 0 atom stereocenters. The molecule has 31 heavy (non-hydrogen) atoms. The van der Waals surface area contributed by atoms with E-state index in [9.17, 15) is 14.4 Å². The largest absolute Gasteiger partial charge is 0.462 e. The zero-order valence-corrected chi connectivity index (χ0v) is 17.9. The van der Waals surface area contributed by atoms with Gasteiger partial charge in [-0.1, -0.05) is 12.1 Å². The molecule has 164 valence electrons. The van der Waals surface area contributed by atoms with E-state index in [1.165, 1.54) is 0 Å². The minimum atomic E-state index is -0.437. The number of Topliss-reactive ketones (excluding diaryl/α,β-unsaturated/α-hetero) is 1. The van der Waals surface area contributed by atoms with Crippen LogP contribution in [-0.4, -0.2) is 74.0 Å². The number of ether oxygens (including phenoxy) is 1. The summed E-state index contributed by atoms with van der Waals surface area (Å²) in [7, 11) is 2.08. The van der Waals surface area contributed by atoms with Crippen molar-refractivity contribution in [3.8, 4) is 0 Å². The maximum absolute atomic E-state index is 12.6. The molecule has 0 spiro atoms. The number of benzene rings is 2. The molecular weight excluding hydrogens is 396 g/mol. The van der Waals surface area contributed by atoms with Crippen LogP contribution in [0.15, 0.2) is 48.5 Å². The Morgan fingerprint density at radius 2 is 1.58 bits per heavy atom. The Labute approximate surface area is 182 Å². The van der Waals surface area contributed by atoms with E-state index in [-0.39, 0.29) is 5.78 Å². The second kappa shape index (κ2) is 10.7. The van der Waals surface area contributed by atoms with Crippen molar-refractivity contribution in [2.45, 2.75) is 6.92 Å². The third-order valence-electron chi connectivity index (χ3n) is 5.06. The number of rotatable bonds is 7. The molecule has 0 aliphatic carbocycles. The molecule has 2 aromatic rings. The van der Waals surface area contributed by atoms with Crippen LogP contribution in [0.2, 0.25) is 0 Å². The molecule has 2 aromatic carbocycles. The van der Waals surface area contributed by atoms with E-state index in [2.05, 4.69) is 27.5 Å². The first-order valence-electron chi connectivity index (χ1n) is 10.3. The minimum absolute atomic E-state index is 0.0307. The molecule has 1 fully saturated rings. The molecule has 1 aliphatic rings. The molecule has 1 heterocycles. The average Bonchev–Trinajstić information content (AvgIpc) is 2.76. The zero-order chi connectivity index (χ0) is 22.2. The van der Waals surface area contributed by atoms with Gasteiger partial charge >= 0.3 is 12.0 Å². The van der Waals surface area contributed by atoms with Crippen LogP contribution in [0.4, 0.5) is 16.2 Å². The zero-order valence-electron chi connectivity index (χ0n) is 17.9. The first-order chi connectivity index (χ1) is 14.9. The fraction of sp³-hybridized carbons (Fsp3) is 0.348. The van der Waals surface area contributed by atoms with Gasteiger partial charge in [-0.25, -0.2) is 9.59 Å². The van der Waals surface area contributed by atoms with Gasteiger partial charge in [0.25, 0.3) is 0 Å². The highest BCUT2D eigenvalue weighted by Crippen LogP contribution is 2.15. The number of anilines is 2. The first-order valence-corrected chi connectivity index (χ1v) is 10.3. The van der Waals surface area contributed by atoms with Crippen LogP contribution >= 0.6 is 0 Å². The third kappa shape index (κ3) is 6.63. The van der Waals surface area contributed by atoms with Gasteiger partial charge in [-0.05, 0) is 50.4 Å². The lowest BCUT2D eigenvalue weighted by Gasteiger charge is -2.31. The number of carbonyl (C=O) groups is 3. The highest BCUT2D eigenvalue weighted by Gasteiger charge is 2.18. The molecule has 0 radical (unpaired) electrons. The van der Waals surface area contributed by atoms with Gasteiger partial charge in [0, 0.05) is 43.1 Å². The van der Waals surface area contributed by atoms with Gasteiger partial charge < -0.3 is 20.3 Å². The Kier molecular flexibility index (Phi) is 7.75. The van der Waals surface area contributed by atoms with Crippen LogP contribution in [0.5, 0.6) is 0 Å². The molecule has 0 unspecified atom stereocenters. The van der Waals surface area contributed by atoms with Crippen molar-refractivity contribution in [1.82, 2.24) is 9.80 Å². The molecule has 3 rings (SSSR count). The van der Waals surface area contributed by atoms with Gasteiger partial charge in [-0.15, -0.1) is 0 Å². The lowest BCUT2D eigenvalue weighted by atomic mass is 10.1. The quantitative estimate of drug-likeness (QED) is 0.525. The van der Waals surface area contributed by atoms with E-state index >= 15 is 0 Å². The number of hydrogen-bond donors (Lipinski definition) is 2. The smallest absolute Gasteiger partial charge is 0.338 e. The molecule has 1 saturated heterocycles. The van der Waals surface area contributed by atoms with Crippen molar-refractivity contribution >= 4 is 29.2 Å². The van der Waals surface area contributed by atoms with E-state index in [4.69, 9.17) is 4.74 Å². The molecule has 0 aromatic heterocycles. The number of amides is 2. The summed E-state index contributed by atoms with van der Waals surface area (Å²) >= 11 is 0. The number of esters is 1. The van der Waals surface area contributed by atoms with Crippen molar-refractivity contribution in [3.05, 3.63) is 59.7 Å². The van der Waals surface area contributed by atoms with Gasteiger partial charge in [-0.2, -0.15) is 0 Å². The van der Waals surface area contributed by atoms with Crippen LogP contribution in [-0.2, 0) is 4.74 Å². The number of ketones is 1. The van der Waals surface area contributed by atoms with E-state index in [1.807, 2.05) is 0 Å². The van der Waals surface area contributed by atoms with Crippen molar-refractivity contribution in [2.75, 3.05) is 57.0 Å². The molecular formula is C23H28N4O4. The predicted molar refractivity (Wildman–Crippen MR) is 120 cm³/mol. The van der Waals surface area contributed by atoms with Crippen molar-refractivity contribution in [2.24, 2.45) is 0 Å². The Balaban J connectivity index is 1.54. The van der Waals surface area contributed by atoms with Crippen LogP contribution in [0.25, 0.3) is 0 Å². The van der Waals surface area contributed by atoms with Crippen molar-refractivity contribution < 1.29 is 19.1 Å². The average molecular weight is 425 g/mol. The molecule has 2 N–H and O–H groups in total. The number of hydrogen-bond acceptors (Lipinski definition) is 6. The second-order valence-electron chi connectivity index (χ2n) is 7.46. The van der Waals surface area contributed by atoms with Gasteiger partial charge in [-0.3, -0.25) is 9.69 Å². The number of nitrogens with zero attached hydrogens (tertiary/aromatic N) is 2. The summed E-state index contributed by atoms with van der Waals surface area (Å²) in [4.78, 5) is 41.0. The van der Waals surface area contributed by atoms with Crippen molar-refractivity contribution in [3.63, 3.8) is 0 Å². The standard InChI is InChI=1S/C23H28N4O4/c1-3-31-22(29)17-7-9-19(10-8-17)24-23(30)25-20-6-4-5-18(15-20)21(28)16-27-13-11-26(2)12-14-27/h4-10,15H,3,11-14,16H2,1-2H3,(H2,24,25,30). The lowest BCUT2D eigenvalue weighted by Crippen LogP contribution is -2.46. The number of likely N-dealkylation sites (N-methyl/N-ethyl adjacent to an activating group) is 1. The summed E-state index contributed by atoms with van der Waals surface area (Å²) in [6.07, 6.45) is 0. The number of piperazine rings is 1. The van der Waals surface area contributed by atoms with E-state index in [1.54, 1.807) is 55.5 Å². The van der Waals surface area contributed by atoms with Crippen LogP contribution < -0.4 is 10.6 Å². The van der Waals surface area contributed by atoms with Gasteiger partial charge in [0.15, 0.2) is 5.78 Å². The molecule has 0 bridgehead atoms. The Bertz CT molecular complexity index is 921. The fourth-order valence-electron chi connectivity index (χ4n) is 3.27. The van der Waals surface area contributed by atoms with Gasteiger partial charge in [0.1, 0.15) is 0 Å². The Morgan fingerprint density at radius 1 is 0.903 bits per heavy atom. The maximum atomic E-state index is 12.6. The third-order valence-corrected chi connectivity index (χ3v) is 5.06. The lowest BCUT2D eigenvalue weighted by molar-refractivity contribution is 0.0526. The Morgan fingerprint density at radius 3 is 2.26 bits per heavy atom. The number of nitrogens with one attached hydrogen (secondary N) is 2. The van der Waals surface area contributed by atoms with Crippen LogP contribution in [0.1, 0.15) is 27.6 Å². The second-order valence-corrected chi connectivity index (χ2v) is 7.46. The predicted octanol–water partition coefficient (Wildman–Crippen LogP) is 2.94. The number of urea groups is 1. The summed E-state index contributed by atoms with van der Waals surface area (Å²) < 4.78 is 4.94. The van der Waals surface area contributed by atoms with E-state index in [0.717, 1.165) is 26.2 Å². The normalized spacial score (nSPS) is 14.6. The molecule has 2 amide bonds. The van der Waals surface area contributed by atoms with Gasteiger partial charge in [0.05, 0.1) is 18.7 Å². The van der Waals surface area contributed by atoms with E-state index < -0.39 is 12.0 Å². The first kappa shape index (κ1) is 22.5. The van der Waals surface area contributed by atoms with E-state index in [0.29, 0.717) is 35.7 Å². The summed E-state index contributed by atoms with van der Waals surface area (Å²) in [5, 5.41) is 5.45.